The predicted molar refractivity (Wildman–Crippen MR) is 96.4 cm³/mol. The van der Waals surface area contributed by atoms with Crippen molar-refractivity contribution < 1.29 is 4.39 Å². The third-order valence-electron chi connectivity index (χ3n) is 4.49. The Kier molecular flexibility index (Phi) is 4.79. The van der Waals surface area contributed by atoms with Gasteiger partial charge in [-0.15, -0.1) is 0 Å². The van der Waals surface area contributed by atoms with Crippen LogP contribution in [0.5, 0.6) is 0 Å². The predicted octanol–water partition coefficient (Wildman–Crippen LogP) is 3.14. The minimum absolute atomic E-state index is 0.197. The highest BCUT2D eigenvalue weighted by molar-refractivity contribution is 5.45. The molecule has 2 aromatic heterocycles. The lowest BCUT2D eigenvalue weighted by molar-refractivity contribution is 0.326. The molecule has 1 aliphatic rings. The van der Waals surface area contributed by atoms with Crippen LogP contribution in [0.25, 0.3) is 0 Å². The number of hydrogen-bond donors (Lipinski definition) is 1. The van der Waals surface area contributed by atoms with E-state index in [9.17, 15) is 4.39 Å². The Morgan fingerprint density at radius 2 is 1.96 bits per heavy atom. The van der Waals surface area contributed by atoms with E-state index < -0.39 is 0 Å². The second kappa shape index (κ2) is 7.53. The fraction of sp³-hybridized carbons (Fsp3) is 0.263. The second-order valence-corrected chi connectivity index (χ2v) is 6.37. The van der Waals surface area contributed by atoms with Crippen LogP contribution in [0.15, 0.2) is 55.1 Å². The number of aromatic nitrogens is 4. The lowest BCUT2D eigenvalue weighted by Gasteiger charge is -2.16. The van der Waals surface area contributed by atoms with E-state index >= 15 is 0 Å². The van der Waals surface area contributed by atoms with Gasteiger partial charge in [-0.2, -0.15) is 0 Å². The van der Waals surface area contributed by atoms with Crippen LogP contribution in [0.2, 0.25) is 0 Å². The van der Waals surface area contributed by atoms with Crippen LogP contribution in [0.3, 0.4) is 0 Å². The number of rotatable bonds is 5. The molecular formula is C19H19FN6. The van der Waals surface area contributed by atoms with Crippen molar-refractivity contribution in [1.82, 2.24) is 24.8 Å². The highest BCUT2D eigenvalue weighted by atomic mass is 19.1. The van der Waals surface area contributed by atoms with Gasteiger partial charge < -0.3 is 5.32 Å². The summed E-state index contributed by atoms with van der Waals surface area (Å²) in [5, 5.41) is 3.08. The zero-order chi connectivity index (χ0) is 17.8. The maximum absolute atomic E-state index is 13.0. The van der Waals surface area contributed by atoms with Crippen molar-refractivity contribution in [2.24, 2.45) is 0 Å². The van der Waals surface area contributed by atoms with E-state index in [0.29, 0.717) is 17.7 Å². The highest BCUT2D eigenvalue weighted by Crippen LogP contribution is 2.27. The summed E-state index contributed by atoms with van der Waals surface area (Å²) in [6.45, 7) is 2.75. The summed E-state index contributed by atoms with van der Waals surface area (Å²) >= 11 is 0. The van der Waals surface area contributed by atoms with Gasteiger partial charge in [0.1, 0.15) is 5.82 Å². The number of likely N-dealkylation sites (tertiary alicyclic amines) is 1. The SMILES string of the molecule is Fc1ccc(CN2CCC(c3ccnc(Nc4cnccn4)n3)C2)cc1. The van der Waals surface area contributed by atoms with Crippen molar-refractivity contribution in [3.8, 4) is 0 Å². The Balaban J connectivity index is 1.40. The molecule has 0 radical (unpaired) electrons. The summed E-state index contributed by atoms with van der Waals surface area (Å²) in [7, 11) is 0. The van der Waals surface area contributed by atoms with Gasteiger partial charge in [-0.3, -0.25) is 9.88 Å². The number of benzene rings is 1. The maximum Gasteiger partial charge on any atom is 0.228 e. The average Bonchev–Trinajstić information content (AvgIpc) is 3.13. The van der Waals surface area contributed by atoms with E-state index in [1.165, 1.54) is 12.1 Å². The molecule has 7 heteroatoms. The first-order chi connectivity index (χ1) is 12.8. The van der Waals surface area contributed by atoms with Gasteiger partial charge in [0.15, 0.2) is 5.82 Å². The molecular weight excluding hydrogens is 331 g/mol. The van der Waals surface area contributed by atoms with Crippen molar-refractivity contribution in [2.45, 2.75) is 18.9 Å². The molecule has 6 nitrogen and oxygen atoms in total. The fourth-order valence-corrected chi connectivity index (χ4v) is 3.20. The maximum atomic E-state index is 13.0. The average molecular weight is 350 g/mol. The van der Waals surface area contributed by atoms with Gasteiger partial charge in [0.05, 0.1) is 11.9 Å². The zero-order valence-corrected chi connectivity index (χ0v) is 14.2. The number of nitrogens with one attached hydrogen (secondary N) is 1. The Morgan fingerprint density at radius 3 is 2.77 bits per heavy atom. The van der Waals surface area contributed by atoms with Crippen molar-refractivity contribution in [2.75, 3.05) is 18.4 Å². The quantitative estimate of drug-likeness (QED) is 0.762. The Bertz CT molecular complexity index is 855. The molecule has 3 aromatic rings. The Labute approximate surface area is 151 Å². The van der Waals surface area contributed by atoms with Gasteiger partial charge in [-0.25, -0.2) is 19.3 Å². The summed E-state index contributed by atoms with van der Waals surface area (Å²) in [5.74, 6) is 1.31. The summed E-state index contributed by atoms with van der Waals surface area (Å²) in [6.07, 6.45) is 7.69. The van der Waals surface area contributed by atoms with Crippen LogP contribution in [0, 0.1) is 5.82 Å². The minimum Gasteiger partial charge on any atom is -0.307 e. The fourth-order valence-electron chi connectivity index (χ4n) is 3.20. The first-order valence-electron chi connectivity index (χ1n) is 8.59. The molecule has 0 spiro atoms. The first kappa shape index (κ1) is 16.5. The van der Waals surface area contributed by atoms with Crippen molar-refractivity contribution in [3.63, 3.8) is 0 Å². The van der Waals surface area contributed by atoms with Crippen molar-refractivity contribution in [1.29, 1.82) is 0 Å². The zero-order valence-electron chi connectivity index (χ0n) is 14.2. The molecule has 0 aliphatic carbocycles. The number of hydrogen-bond acceptors (Lipinski definition) is 6. The summed E-state index contributed by atoms with van der Waals surface area (Å²) in [5.41, 5.74) is 2.15. The topological polar surface area (TPSA) is 66.8 Å². The molecule has 1 N–H and O–H groups in total. The normalized spacial score (nSPS) is 17.3. The van der Waals surface area contributed by atoms with E-state index in [4.69, 9.17) is 0 Å². The second-order valence-electron chi connectivity index (χ2n) is 6.37. The molecule has 1 aromatic carbocycles. The monoisotopic (exact) mass is 350 g/mol. The number of anilines is 2. The van der Waals surface area contributed by atoms with E-state index in [-0.39, 0.29) is 5.82 Å². The molecule has 0 bridgehead atoms. The minimum atomic E-state index is -0.197. The van der Waals surface area contributed by atoms with Gasteiger partial charge in [-0.1, -0.05) is 12.1 Å². The summed E-state index contributed by atoms with van der Waals surface area (Å²) < 4.78 is 13.0. The standard InChI is InChI=1S/C19H19FN6/c20-16-3-1-14(2-4-16)12-26-10-6-15(13-26)17-5-7-23-19(24-17)25-18-11-21-8-9-22-18/h1-5,7-9,11,15H,6,10,12-13H2,(H,22,23,24,25). The van der Waals surface area contributed by atoms with E-state index in [1.807, 2.05) is 18.2 Å². The molecule has 3 heterocycles. The third-order valence-corrected chi connectivity index (χ3v) is 4.49. The summed E-state index contributed by atoms with van der Waals surface area (Å²) in [4.78, 5) is 19.5. The molecule has 132 valence electrons. The van der Waals surface area contributed by atoms with E-state index in [0.717, 1.165) is 37.3 Å². The van der Waals surface area contributed by atoms with Gasteiger partial charge in [0.2, 0.25) is 5.95 Å². The van der Waals surface area contributed by atoms with E-state index in [2.05, 4.69) is 30.2 Å². The van der Waals surface area contributed by atoms with Crippen LogP contribution < -0.4 is 5.32 Å². The molecule has 0 amide bonds. The molecule has 26 heavy (non-hydrogen) atoms. The molecule has 1 aliphatic heterocycles. The van der Waals surface area contributed by atoms with Crippen LogP contribution >= 0.6 is 0 Å². The van der Waals surface area contributed by atoms with Crippen molar-refractivity contribution >= 4 is 11.8 Å². The van der Waals surface area contributed by atoms with Crippen LogP contribution in [0.4, 0.5) is 16.2 Å². The van der Waals surface area contributed by atoms with E-state index in [1.54, 1.807) is 24.8 Å². The third kappa shape index (κ3) is 4.00. The largest absolute Gasteiger partial charge is 0.307 e. The lowest BCUT2D eigenvalue weighted by Crippen LogP contribution is -2.20. The van der Waals surface area contributed by atoms with Crippen molar-refractivity contribution in [3.05, 3.63) is 72.2 Å². The van der Waals surface area contributed by atoms with Gasteiger partial charge in [0.25, 0.3) is 0 Å². The number of halogens is 1. The molecule has 1 fully saturated rings. The van der Waals surface area contributed by atoms with Gasteiger partial charge in [-0.05, 0) is 36.7 Å². The van der Waals surface area contributed by atoms with Crippen LogP contribution in [-0.2, 0) is 6.54 Å². The first-order valence-corrected chi connectivity index (χ1v) is 8.59. The summed E-state index contributed by atoms with van der Waals surface area (Å²) in [6, 6.07) is 8.68. The van der Waals surface area contributed by atoms with Crippen LogP contribution in [-0.4, -0.2) is 37.9 Å². The highest BCUT2D eigenvalue weighted by Gasteiger charge is 2.25. The molecule has 4 rings (SSSR count). The van der Waals surface area contributed by atoms with Gasteiger partial charge >= 0.3 is 0 Å². The molecule has 0 saturated carbocycles. The lowest BCUT2D eigenvalue weighted by atomic mass is 10.1. The van der Waals surface area contributed by atoms with Crippen LogP contribution in [0.1, 0.15) is 23.6 Å². The smallest absolute Gasteiger partial charge is 0.228 e. The number of nitrogens with zero attached hydrogens (tertiary/aromatic N) is 5. The molecule has 1 saturated heterocycles. The Hall–Kier alpha value is -2.93. The van der Waals surface area contributed by atoms with Gasteiger partial charge in [0, 0.05) is 37.6 Å². The molecule has 1 atom stereocenters. The molecule has 1 unspecified atom stereocenters. The Morgan fingerprint density at radius 1 is 1.08 bits per heavy atom.